The molecule has 2 unspecified atom stereocenters. The van der Waals surface area contributed by atoms with Crippen LogP contribution in [0.2, 0.25) is 0 Å². The molecule has 136 valence electrons. The molecule has 3 aliphatic rings. The van der Waals surface area contributed by atoms with Crippen molar-refractivity contribution in [2.24, 2.45) is 0 Å². The summed E-state index contributed by atoms with van der Waals surface area (Å²) in [6.07, 6.45) is 14.4. The Bertz CT molecular complexity index is 918. The maximum absolute atomic E-state index is 3.79. The molecule has 1 fully saturated rings. The first-order valence-corrected chi connectivity index (χ1v) is 10.1. The van der Waals surface area contributed by atoms with Crippen molar-refractivity contribution in [1.29, 1.82) is 0 Å². The molecule has 1 saturated heterocycles. The van der Waals surface area contributed by atoms with E-state index >= 15 is 0 Å². The number of hydrogen-bond donors (Lipinski definition) is 2. The lowest BCUT2D eigenvalue weighted by molar-refractivity contribution is 0.579. The van der Waals surface area contributed by atoms with E-state index in [-0.39, 0.29) is 0 Å². The second-order valence-electron chi connectivity index (χ2n) is 7.72. The Morgan fingerprint density at radius 2 is 1.70 bits per heavy atom. The average molecular weight is 354 g/mol. The standard InChI is InChI=1S/C25H26N2/c1-2-4-7-18(6-3-1)19-10-12-20(13-11-19)21-8-5-9-24-25(21)22-14-16-26-17-15-23(22)27-24/h1,3-13,22-23,26-27H,2,14-17H2. The molecule has 0 aromatic heterocycles. The molecule has 2 atom stereocenters. The van der Waals surface area contributed by atoms with Gasteiger partial charge in [0.15, 0.2) is 0 Å². The van der Waals surface area contributed by atoms with E-state index in [9.17, 15) is 0 Å². The van der Waals surface area contributed by atoms with E-state index < -0.39 is 0 Å². The second-order valence-corrected chi connectivity index (χ2v) is 7.72. The first-order chi connectivity index (χ1) is 13.4. The third kappa shape index (κ3) is 3.15. The van der Waals surface area contributed by atoms with Gasteiger partial charge in [0, 0.05) is 17.6 Å². The van der Waals surface area contributed by atoms with Gasteiger partial charge >= 0.3 is 0 Å². The predicted molar refractivity (Wildman–Crippen MR) is 115 cm³/mol. The zero-order chi connectivity index (χ0) is 18.1. The van der Waals surface area contributed by atoms with Gasteiger partial charge in [0.2, 0.25) is 0 Å². The van der Waals surface area contributed by atoms with Crippen molar-refractivity contribution in [3.05, 3.63) is 84.0 Å². The minimum absolute atomic E-state index is 0.573. The highest BCUT2D eigenvalue weighted by atomic mass is 15.0. The van der Waals surface area contributed by atoms with E-state index in [0.717, 1.165) is 19.5 Å². The Balaban J connectivity index is 1.50. The molecule has 1 aliphatic carbocycles. The molecule has 5 rings (SSSR count). The van der Waals surface area contributed by atoms with Gasteiger partial charge in [-0.25, -0.2) is 0 Å². The molecule has 0 bridgehead atoms. The Hall–Kier alpha value is -2.58. The molecule has 2 heterocycles. The third-order valence-corrected chi connectivity index (χ3v) is 6.08. The Morgan fingerprint density at radius 1 is 0.852 bits per heavy atom. The first kappa shape index (κ1) is 16.6. The van der Waals surface area contributed by atoms with Gasteiger partial charge in [-0.15, -0.1) is 0 Å². The minimum Gasteiger partial charge on any atom is -0.381 e. The number of fused-ring (bicyclic) bond motifs is 3. The van der Waals surface area contributed by atoms with Crippen molar-refractivity contribution in [2.45, 2.75) is 31.2 Å². The lowest BCUT2D eigenvalue weighted by atomic mass is 9.85. The van der Waals surface area contributed by atoms with Crippen LogP contribution < -0.4 is 10.6 Å². The molecule has 2 nitrogen and oxygen atoms in total. The summed E-state index contributed by atoms with van der Waals surface area (Å²) in [5, 5.41) is 7.35. The summed E-state index contributed by atoms with van der Waals surface area (Å²) >= 11 is 0. The predicted octanol–water partition coefficient (Wildman–Crippen LogP) is 5.51. The van der Waals surface area contributed by atoms with Crippen LogP contribution >= 0.6 is 0 Å². The topological polar surface area (TPSA) is 24.1 Å². The van der Waals surface area contributed by atoms with Crippen molar-refractivity contribution in [1.82, 2.24) is 5.32 Å². The summed E-state index contributed by atoms with van der Waals surface area (Å²) in [7, 11) is 0. The molecule has 0 spiro atoms. The fourth-order valence-electron chi connectivity index (χ4n) is 4.72. The molecular weight excluding hydrogens is 328 g/mol. The quantitative estimate of drug-likeness (QED) is 0.742. The van der Waals surface area contributed by atoms with Gasteiger partial charge in [-0.3, -0.25) is 0 Å². The van der Waals surface area contributed by atoms with Crippen LogP contribution in [0.5, 0.6) is 0 Å². The van der Waals surface area contributed by atoms with E-state index in [1.54, 1.807) is 0 Å². The van der Waals surface area contributed by atoms with Crippen molar-refractivity contribution < 1.29 is 0 Å². The van der Waals surface area contributed by atoms with Gasteiger partial charge in [-0.2, -0.15) is 0 Å². The fourth-order valence-corrected chi connectivity index (χ4v) is 4.72. The largest absolute Gasteiger partial charge is 0.381 e. The highest BCUT2D eigenvalue weighted by Gasteiger charge is 2.34. The highest BCUT2D eigenvalue weighted by Crippen LogP contribution is 2.45. The number of allylic oxidation sites excluding steroid dienone is 6. The van der Waals surface area contributed by atoms with Gasteiger partial charge in [0.05, 0.1) is 0 Å². The highest BCUT2D eigenvalue weighted by molar-refractivity contribution is 5.81. The van der Waals surface area contributed by atoms with Gasteiger partial charge in [-0.1, -0.05) is 66.8 Å². The summed E-state index contributed by atoms with van der Waals surface area (Å²) in [4.78, 5) is 0. The smallest absolute Gasteiger partial charge is 0.0384 e. The maximum Gasteiger partial charge on any atom is 0.0384 e. The maximum atomic E-state index is 3.79. The first-order valence-electron chi connectivity index (χ1n) is 10.1. The van der Waals surface area contributed by atoms with Crippen LogP contribution in [0.3, 0.4) is 0 Å². The van der Waals surface area contributed by atoms with Gasteiger partial charge in [0.1, 0.15) is 0 Å². The van der Waals surface area contributed by atoms with Crippen LogP contribution in [0.15, 0.2) is 72.8 Å². The van der Waals surface area contributed by atoms with E-state index in [4.69, 9.17) is 0 Å². The zero-order valence-electron chi connectivity index (χ0n) is 15.6. The van der Waals surface area contributed by atoms with Crippen LogP contribution in [-0.2, 0) is 0 Å². The van der Waals surface area contributed by atoms with Crippen LogP contribution in [0, 0.1) is 0 Å². The number of nitrogens with one attached hydrogen (secondary N) is 2. The van der Waals surface area contributed by atoms with Crippen molar-refractivity contribution in [3.63, 3.8) is 0 Å². The van der Waals surface area contributed by atoms with Crippen molar-refractivity contribution in [3.8, 4) is 11.1 Å². The molecule has 0 amide bonds. The SMILES string of the molecule is C1=CCC=CC(c2ccc(-c3cccc4c3C3CCNCCC3N4)cc2)=C1. The summed E-state index contributed by atoms with van der Waals surface area (Å²) in [6.45, 7) is 2.23. The zero-order valence-corrected chi connectivity index (χ0v) is 15.6. The number of benzene rings is 2. The third-order valence-electron chi connectivity index (χ3n) is 6.08. The fraction of sp³-hybridized carbons (Fsp3) is 0.280. The number of anilines is 1. The van der Waals surface area contributed by atoms with E-state index in [1.807, 2.05) is 0 Å². The van der Waals surface area contributed by atoms with Crippen LogP contribution in [-0.4, -0.2) is 19.1 Å². The van der Waals surface area contributed by atoms with Gasteiger partial charge in [0.25, 0.3) is 0 Å². The van der Waals surface area contributed by atoms with Gasteiger partial charge in [-0.05, 0) is 66.2 Å². The molecule has 27 heavy (non-hydrogen) atoms. The number of hydrogen-bond acceptors (Lipinski definition) is 2. The van der Waals surface area contributed by atoms with Crippen LogP contribution in [0.25, 0.3) is 16.7 Å². The Labute approximate surface area is 161 Å². The van der Waals surface area contributed by atoms with Gasteiger partial charge < -0.3 is 10.6 Å². The molecule has 2 aromatic carbocycles. The second kappa shape index (κ2) is 7.21. The van der Waals surface area contributed by atoms with Crippen molar-refractivity contribution >= 4 is 11.3 Å². The lowest BCUT2D eigenvalue weighted by Crippen LogP contribution is -2.21. The molecule has 0 saturated carbocycles. The monoisotopic (exact) mass is 354 g/mol. The molecule has 2 aromatic rings. The summed E-state index contributed by atoms with van der Waals surface area (Å²) in [5.41, 5.74) is 8.15. The summed E-state index contributed by atoms with van der Waals surface area (Å²) in [6, 6.07) is 16.4. The van der Waals surface area contributed by atoms with Crippen molar-refractivity contribution in [2.75, 3.05) is 18.4 Å². The van der Waals surface area contributed by atoms with Crippen LogP contribution in [0.1, 0.15) is 36.3 Å². The Morgan fingerprint density at radius 3 is 2.63 bits per heavy atom. The Kier molecular flexibility index (Phi) is 4.43. The summed E-state index contributed by atoms with van der Waals surface area (Å²) < 4.78 is 0. The normalized spacial score (nSPS) is 23.6. The molecule has 0 radical (unpaired) electrons. The van der Waals surface area contributed by atoms with E-state index in [1.165, 1.54) is 46.4 Å². The molecule has 2 N–H and O–H groups in total. The van der Waals surface area contributed by atoms with E-state index in [2.05, 4.69) is 83.5 Å². The molecular formula is C25H26N2. The van der Waals surface area contributed by atoms with Crippen LogP contribution in [0.4, 0.5) is 5.69 Å². The molecule has 2 aliphatic heterocycles. The minimum atomic E-state index is 0.573. The van der Waals surface area contributed by atoms with E-state index in [0.29, 0.717) is 12.0 Å². The lowest BCUT2D eigenvalue weighted by Gasteiger charge is -2.18. The molecule has 2 heteroatoms. The average Bonchev–Trinajstić information content (AvgIpc) is 2.92. The summed E-state index contributed by atoms with van der Waals surface area (Å²) in [5.74, 6) is 0.614. The number of rotatable bonds is 2.